The summed E-state index contributed by atoms with van der Waals surface area (Å²) in [4.78, 5) is 167. The number of pyridine rings is 1. The Kier molecular flexibility index (Phi) is 21.8. The third-order valence-electron chi connectivity index (χ3n) is 16.8. The van der Waals surface area contributed by atoms with Crippen molar-refractivity contribution in [2.24, 2.45) is 5.73 Å². The number of ether oxygens (including phenoxy) is 6. The zero-order valence-electron chi connectivity index (χ0n) is 57.2. The van der Waals surface area contributed by atoms with E-state index in [0.29, 0.717) is 0 Å². The number of benzene rings is 1. The highest BCUT2D eigenvalue weighted by molar-refractivity contribution is 7.52. The molecule has 560 valence electrons. The fourth-order valence-electron chi connectivity index (χ4n) is 12.2. The Hall–Kier alpha value is -9.16. The number of cyclic esters (lactones) is 2. The van der Waals surface area contributed by atoms with Gasteiger partial charge in [0.1, 0.15) is 114 Å². The first-order valence-electron chi connectivity index (χ1n) is 31.7. The molecule has 6 amide bonds. The molecule has 106 heavy (non-hydrogen) atoms. The van der Waals surface area contributed by atoms with E-state index in [-0.39, 0.29) is 110 Å². The van der Waals surface area contributed by atoms with Crippen LogP contribution in [0.2, 0.25) is 0 Å². The molecule has 1 aromatic carbocycles. The van der Waals surface area contributed by atoms with Crippen molar-refractivity contribution >= 4 is 136 Å². The first kappa shape index (κ1) is 76.5. The molecule has 7 aromatic heterocycles. The maximum atomic E-state index is 15.5. The van der Waals surface area contributed by atoms with Crippen LogP contribution < -0.4 is 41.5 Å². The summed E-state index contributed by atoms with van der Waals surface area (Å²) in [6, 6.07) is 0.0869. The molecule has 11 heterocycles. The number of likely N-dealkylation sites (N-methyl/N-ethyl adjacent to an activating group) is 1. The first-order chi connectivity index (χ1) is 50.0. The summed E-state index contributed by atoms with van der Waals surface area (Å²) >= 11 is 4.12. The van der Waals surface area contributed by atoms with Crippen molar-refractivity contribution < 1.29 is 105 Å². The summed E-state index contributed by atoms with van der Waals surface area (Å²) in [7, 11) is -4.48. The third kappa shape index (κ3) is 16.1. The third-order valence-corrected chi connectivity index (χ3v) is 22.3. The van der Waals surface area contributed by atoms with E-state index in [1.807, 2.05) is 0 Å². The summed E-state index contributed by atoms with van der Waals surface area (Å²) in [5, 5.41) is 42.7. The molecule has 12 bridgehead atoms. The van der Waals surface area contributed by atoms with Crippen molar-refractivity contribution in [2.75, 3.05) is 41.1 Å². The fraction of sp³-hybridized carbons (Fsp3) is 0.365. The van der Waals surface area contributed by atoms with Crippen LogP contribution in [-0.4, -0.2) is 196 Å². The van der Waals surface area contributed by atoms with Gasteiger partial charge in [0.15, 0.2) is 23.8 Å². The highest BCUT2D eigenvalue weighted by Crippen LogP contribution is 2.48. The minimum Gasteiger partial charge on any atom is -0.499 e. The second-order valence-corrected chi connectivity index (χ2v) is 33.0. The molecular formula is C63H66N14O22P2S5. The molecule has 0 spiro atoms. The Morgan fingerprint density at radius 1 is 0.840 bits per heavy atom. The number of nitrogens with zero attached hydrogens (tertiary/aromatic N) is 8. The van der Waals surface area contributed by atoms with Crippen LogP contribution >= 0.6 is 71.9 Å². The number of aromatic nitrogens is 7. The predicted octanol–water partition coefficient (Wildman–Crippen LogP) is 4.39. The zero-order chi connectivity index (χ0) is 76.3. The van der Waals surface area contributed by atoms with Gasteiger partial charge in [0.25, 0.3) is 29.5 Å². The van der Waals surface area contributed by atoms with Gasteiger partial charge >= 0.3 is 27.1 Å². The number of primary amides is 1. The molecule has 43 heteroatoms. The second-order valence-electron chi connectivity index (χ2n) is 25.1. The van der Waals surface area contributed by atoms with E-state index in [2.05, 4.69) is 48.1 Å². The Morgan fingerprint density at radius 2 is 1.49 bits per heavy atom. The molecule has 8 aromatic rings. The highest BCUT2D eigenvalue weighted by atomic mass is 32.1. The lowest BCUT2D eigenvalue weighted by Gasteiger charge is -2.48. The summed E-state index contributed by atoms with van der Waals surface area (Å²) in [6.07, 6.45) is -7.97. The van der Waals surface area contributed by atoms with Gasteiger partial charge < -0.3 is 94.8 Å². The van der Waals surface area contributed by atoms with Gasteiger partial charge in [0, 0.05) is 56.5 Å². The van der Waals surface area contributed by atoms with E-state index < -0.39 is 160 Å². The van der Waals surface area contributed by atoms with Crippen molar-refractivity contribution in [3.8, 4) is 38.4 Å². The molecule has 12 unspecified atom stereocenters. The lowest BCUT2D eigenvalue weighted by atomic mass is 9.85. The number of esters is 2. The number of nitrogens with two attached hydrogens (primary N) is 1. The standard InChI is InChI=1S/C63H66N14O22P2S5/c1-24(50(64)79)65-51(80)33-21-105-59(70-33)44-38(98-100(9,88)89)14-29-43(72-44)32-19-103-57(67-32)31-18-95-61(85)46-30-17-93-47(48(97-39-15-63(5,87)49(76(6)7)27(4)96-39)62(86)94-16-28-12-11-13-37(40(28)30)77(46)99-101(10,90)91)45(60-71-34(22-106-60)52(81)66-31)75-54(83)36-23-104-58(69-36)42(26(3)92-8)74-55(84)41(25(2)78)73-53(82)35-20-102-56(29)68-35/h11-14,19-23,25,27,31,39,41,45,47-49,78,87H,1,15-18H2,2-10H3,(H2,64,79)(H,65,80)(H,66,81)(H,73,82)(H,74,84)(H,75,83)(H,88,89)(H,90,91)/b42-26+. The van der Waals surface area contributed by atoms with Crippen molar-refractivity contribution in [1.82, 2.24) is 66.1 Å². The van der Waals surface area contributed by atoms with Gasteiger partial charge in [-0.1, -0.05) is 18.7 Å². The van der Waals surface area contributed by atoms with Crippen LogP contribution in [0.25, 0.3) is 49.3 Å². The summed E-state index contributed by atoms with van der Waals surface area (Å²) in [5.74, 6) is -8.81. The number of thiazole rings is 5. The molecular weight excluding hydrogens is 1530 g/mol. The Bertz CT molecular complexity index is 5030. The van der Waals surface area contributed by atoms with E-state index >= 15 is 19.2 Å². The monoisotopic (exact) mass is 1590 g/mol. The number of aliphatic hydroxyl groups is 2. The minimum atomic E-state index is -4.68. The molecule has 4 aliphatic rings. The average Bonchev–Trinajstić information content (AvgIpc) is 1.62. The summed E-state index contributed by atoms with van der Waals surface area (Å²) in [5.41, 5.74) is 0.770. The van der Waals surface area contributed by atoms with E-state index in [1.54, 1.807) is 38.9 Å². The van der Waals surface area contributed by atoms with Crippen molar-refractivity contribution in [2.45, 2.75) is 108 Å². The molecule has 0 radical (unpaired) electrons. The molecule has 12 atom stereocenters. The minimum absolute atomic E-state index is 0.0154. The number of hydrogen-bond donors (Lipinski definition) is 10. The summed E-state index contributed by atoms with van der Waals surface area (Å²) in [6.45, 7) is 8.95. The molecule has 4 aliphatic heterocycles. The van der Waals surface area contributed by atoms with Gasteiger partial charge in [-0.3, -0.25) is 28.8 Å². The molecule has 0 aliphatic carbocycles. The molecule has 1 saturated heterocycles. The molecule has 1 fully saturated rings. The molecule has 12 rings (SSSR count). The first-order valence-corrected chi connectivity index (χ1v) is 40.1. The SMILES string of the molecule is C=C(NC(=O)c1csc(-c2nc3c(cc2OP(C)(=O)O)-c2nc(cs2)C(=O)NC(C(C)O)C(=O)N/C(=C(\C)OC)c2nc(cs2)C(=O)NC2c4nc(cs4)C(=O)NC(COC(=O)c4c5c6c(cccc6n4OP(C)(=O)O)COC(=O)C(OC4CC(C)(O)C(N(C)C)C(C)O4)C2OC5)c2nc-3cs2)n1)C(N)=O. The van der Waals surface area contributed by atoms with Gasteiger partial charge in [-0.25, -0.2) is 48.6 Å². The number of hydrogen-bond acceptors (Lipinski definition) is 32. The van der Waals surface area contributed by atoms with Gasteiger partial charge in [-0.15, -0.1) is 56.7 Å². The van der Waals surface area contributed by atoms with E-state index in [9.17, 15) is 48.3 Å². The number of allylic oxidation sites excluding steroid dienone is 1. The van der Waals surface area contributed by atoms with Crippen molar-refractivity contribution in [3.05, 3.63) is 124 Å². The maximum absolute atomic E-state index is 15.5. The van der Waals surface area contributed by atoms with Crippen LogP contribution in [0.4, 0.5) is 0 Å². The van der Waals surface area contributed by atoms with Crippen molar-refractivity contribution in [3.63, 3.8) is 0 Å². The highest BCUT2D eigenvalue weighted by Gasteiger charge is 2.50. The fourth-order valence-corrected chi connectivity index (χ4v) is 17.3. The quantitative estimate of drug-likeness (QED) is 0.0331. The number of rotatable bonds is 13. The lowest BCUT2D eigenvalue weighted by molar-refractivity contribution is -0.280. The number of amides is 6. The Balaban J connectivity index is 1.08. The smallest absolute Gasteiger partial charge is 0.392 e. The van der Waals surface area contributed by atoms with Crippen LogP contribution in [0, 0.1) is 0 Å². The van der Waals surface area contributed by atoms with Crippen LogP contribution in [-0.2, 0) is 65.1 Å². The number of fused-ring (bicyclic) bond motifs is 15. The van der Waals surface area contributed by atoms with Crippen LogP contribution in [0.1, 0.15) is 125 Å². The van der Waals surface area contributed by atoms with Gasteiger partial charge in [0.05, 0.1) is 55.4 Å². The predicted molar refractivity (Wildman–Crippen MR) is 380 cm³/mol. The summed E-state index contributed by atoms with van der Waals surface area (Å²) < 4.78 is 76.9. The average molecular weight is 1590 g/mol. The molecule has 0 saturated carbocycles. The van der Waals surface area contributed by atoms with E-state index in [0.717, 1.165) is 74.7 Å². The van der Waals surface area contributed by atoms with Crippen LogP contribution in [0.15, 0.2) is 69.2 Å². The number of methoxy groups -OCH3 is 1. The normalized spacial score (nSPS) is 24.3. The van der Waals surface area contributed by atoms with Crippen molar-refractivity contribution in [1.29, 1.82) is 0 Å². The zero-order valence-corrected chi connectivity index (χ0v) is 63.0. The van der Waals surface area contributed by atoms with Gasteiger partial charge in [-0.05, 0) is 59.5 Å². The van der Waals surface area contributed by atoms with Gasteiger partial charge in [0.2, 0.25) is 5.91 Å². The Morgan fingerprint density at radius 3 is 2.17 bits per heavy atom. The lowest BCUT2D eigenvalue weighted by Crippen LogP contribution is -2.62. The number of carbonyl (C=O) groups is 8. The Labute approximate surface area is 620 Å². The van der Waals surface area contributed by atoms with Crippen LogP contribution in [0.3, 0.4) is 0 Å². The second kappa shape index (κ2) is 30.2. The molecule has 36 nitrogen and oxygen atoms in total. The molecule has 11 N–H and O–H groups in total. The van der Waals surface area contributed by atoms with E-state index in [4.69, 9.17) is 58.3 Å². The van der Waals surface area contributed by atoms with E-state index in [1.165, 1.54) is 66.1 Å². The number of nitrogens with one attached hydrogen (secondary N) is 5. The van der Waals surface area contributed by atoms with Gasteiger partial charge in [-0.2, -0.15) is 4.73 Å². The number of carbonyl (C=O) groups excluding carboxylic acids is 8. The topological polar surface area (TPSA) is 497 Å². The maximum Gasteiger partial charge on any atom is 0.392 e. The van der Waals surface area contributed by atoms with Crippen LogP contribution in [0.5, 0.6) is 5.75 Å². The number of aliphatic hydroxyl groups excluding tert-OH is 1. The largest absolute Gasteiger partial charge is 0.499 e.